The van der Waals surface area contributed by atoms with Crippen LogP contribution in [0.1, 0.15) is 33.6 Å². The summed E-state index contributed by atoms with van der Waals surface area (Å²) < 4.78 is 17.7. The average molecular weight is 368 g/mol. The number of ether oxygens (including phenoxy) is 2. The molecule has 27 heavy (non-hydrogen) atoms. The van der Waals surface area contributed by atoms with Gasteiger partial charge in [-0.05, 0) is 29.8 Å². The first-order chi connectivity index (χ1) is 13.2. The molecule has 0 aliphatic carbocycles. The molecule has 0 N–H and O–H groups in total. The van der Waals surface area contributed by atoms with Gasteiger partial charge in [0, 0.05) is 6.54 Å². The second-order valence-electron chi connectivity index (χ2n) is 6.30. The van der Waals surface area contributed by atoms with Gasteiger partial charge in [0.05, 0.1) is 44.8 Å². The van der Waals surface area contributed by atoms with Gasteiger partial charge in [0.1, 0.15) is 11.5 Å². The summed E-state index contributed by atoms with van der Waals surface area (Å²) in [5.41, 5.74) is 2.30. The number of hydrogen-bond acceptors (Lipinski definition) is 7. The third-order valence-corrected chi connectivity index (χ3v) is 4.45. The zero-order valence-electron chi connectivity index (χ0n) is 14.9. The molecule has 3 heterocycles. The van der Waals surface area contributed by atoms with Crippen molar-refractivity contribution >= 4 is 5.97 Å². The Morgan fingerprint density at radius 1 is 1.26 bits per heavy atom. The summed E-state index contributed by atoms with van der Waals surface area (Å²) in [5, 5.41) is 8.48. The Morgan fingerprint density at radius 2 is 2.11 bits per heavy atom. The largest absolute Gasteiger partial charge is 0.468 e. The van der Waals surface area contributed by atoms with E-state index in [1.807, 2.05) is 30.5 Å². The van der Waals surface area contributed by atoms with Gasteiger partial charge in [-0.1, -0.05) is 17.3 Å². The summed E-state index contributed by atoms with van der Waals surface area (Å²) in [6.45, 7) is 2.68. The fourth-order valence-corrected chi connectivity index (χ4v) is 3.10. The molecule has 0 radical (unpaired) electrons. The van der Waals surface area contributed by atoms with Crippen LogP contribution in [0.5, 0.6) is 0 Å². The minimum absolute atomic E-state index is 0.231. The summed E-state index contributed by atoms with van der Waals surface area (Å²) in [5.74, 6) is 0.545. The predicted octanol–water partition coefficient (Wildman–Crippen LogP) is 2.24. The van der Waals surface area contributed by atoms with E-state index in [1.165, 1.54) is 7.11 Å². The van der Waals surface area contributed by atoms with Crippen molar-refractivity contribution in [3.05, 3.63) is 71.4 Å². The molecule has 4 rings (SSSR count). The Hall–Kier alpha value is -2.97. The molecule has 1 aliphatic rings. The van der Waals surface area contributed by atoms with E-state index in [0.29, 0.717) is 25.3 Å². The van der Waals surface area contributed by atoms with E-state index in [1.54, 1.807) is 23.1 Å². The first-order valence-electron chi connectivity index (χ1n) is 8.68. The number of hydrogen-bond donors (Lipinski definition) is 0. The molecule has 1 aromatic carbocycles. The summed E-state index contributed by atoms with van der Waals surface area (Å²) in [6.07, 6.45) is 3.33. The van der Waals surface area contributed by atoms with Crippen LogP contribution in [0.4, 0.5) is 0 Å². The minimum Gasteiger partial charge on any atom is -0.468 e. The van der Waals surface area contributed by atoms with E-state index < -0.39 is 0 Å². The lowest BCUT2D eigenvalue weighted by Crippen LogP contribution is -2.23. The lowest BCUT2D eigenvalue weighted by molar-refractivity contribution is 0.0223. The number of carbonyl (C=O) groups excluding carboxylic acids is 1. The fourth-order valence-electron chi connectivity index (χ4n) is 3.10. The quantitative estimate of drug-likeness (QED) is 0.617. The zero-order valence-corrected chi connectivity index (χ0v) is 14.9. The number of carbonyl (C=O) groups is 1. The number of nitrogens with zero attached hydrogens (tertiary/aromatic N) is 4. The number of esters is 1. The van der Waals surface area contributed by atoms with Crippen LogP contribution in [-0.4, -0.2) is 46.1 Å². The number of furan rings is 1. The monoisotopic (exact) mass is 368 g/mol. The highest BCUT2D eigenvalue weighted by molar-refractivity contribution is 5.89. The first kappa shape index (κ1) is 17.4. The predicted molar refractivity (Wildman–Crippen MR) is 94.7 cm³/mol. The van der Waals surface area contributed by atoms with Crippen molar-refractivity contribution in [2.75, 3.05) is 20.3 Å². The van der Waals surface area contributed by atoms with Crippen molar-refractivity contribution in [1.82, 2.24) is 19.9 Å². The molecule has 1 saturated heterocycles. The van der Waals surface area contributed by atoms with Crippen LogP contribution in [0.25, 0.3) is 0 Å². The lowest BCUT2D eigenvalue weighted by atomic mass is 10.1. The topological polar surface area (TPSA) is 82.6 Å². The molecule has 0 unspecified atom stereocenters. The first-order valence-corrected chi connectivity index (χ1v) is 8.68. The normalized spacial score (nSPS) is 17.3. The maximum Gasteiger partial charge on any atom is 0.337 e. The van der Waals surface area contributed by atoms with Crippen LogP contribution in [0, 0.1) is 0 Å². The van der Waals surface area contributed by atoms with E-state index in [9.17, 15) is 4.79 Å². The van der Waals surface area contributed by atoms with Gasteiger partial charge in [-0.25, -0.2) is 9.48 Å². The minimum atomic E-state index is -0.348. The van der Waals surface area contributed by atoms with Gasteiger partial charge in [-0.15, -0.1) is 5.10 Å². The van der Waals surface area contributed by atoms with Crippen molar-refractivity contribution in [3.8, 4) is 0 Å². The molecule has 3 aromatic rings. The van der Waals surface area contributed by atoms with Crippen LogP contribution < -0.4 is 0 Å². The second kappa shape index (κ2) is 7.73. The molecule has 1 fully saturated rings. The van der Waals surface area contributed by atoms with Crippen LogP contribution in [-0.2, 0) is 22.6 Å². The smallest absolute Gasteiger partial charge is 0.337 e. The van der Waals surface area contributed by atoms with E-state index in [-0.39, 0.29) is 12.2 Å². The molecule has 0 saturated carbocycles. The Morgan fingerprint density at radius 3 is 2.85 bits per heavy atom. The van der Waals surface area contributed by atoms with Crippen molar-refractivity contribution in [2.24, 2.45) is 0 Å². The summed E-state index contributed by atoms with van der Waals surface area (Å²) in [6, 6.07) is 11.1. The molecule has 1 aliphatic heterocycles. The molecule has 0 amide bonds. The van der Waals surface area contributed by atoms with Crippen molar-refractivity contribution < 1.29 is 18.7 Å². The molecule has 2 aromatic heterocycles. The molecule has 1 atom stereocenters. The van der Waals surface area contributed by atoms with Crippen LogP contribution in [0.15, 0.2) is 53.3 Å². The highest BCUT2D eigenvalue weighted by Crippen LogP contribution is 2.27. The molecule has 8 heteroatoms. The van der Waals surface area contributed by atoms with E-state index in [2.05, 4.69) is 15.2 Å². The zero-order chi connectivity index (χ0) is 18.6. The fraction of sp³-hybridized carbons (Fsp3) is 0.316. The Kier molecular flexibility index (Phi) is 4.99. The van der Waals surface area contributed by atoms with E-state index >= 15 is 0 Å². The highest BCUT2D eigenvalue weighted by atomic mass is 16.5. The molecular weight excluding hydrogens is 348 g/mol. The summed E-state index contributed by atoms with van der Waals surface area (Å²) in [4.78, 5) is 13.7. The van der Waals surface area contributed by atoms with Crippen LogP contribution in [0.2, 0.25) is 0 Å². The van der Waals surface area contributed by atoms with Crippen molar-refractivity contribution in [2.45, 2.75) is 19.3 Å². The number of rotatable bonds is 6. The Labute approximate surface area is 156 Å². The Bertz CT molecular complexity index is 889. The number of methoxy groups -OCH3 is 1. The molecule has 140 valence electrons. The number of aromatic nitrogens is 3. The van der Waals surface area contributed by atoms with Crippen LogP contribution >= 0.6 is 0 Å². The third-order valence-electron chi connectivity index (χ3n) is 4.45. The van der Waals surface area contributed by atoms with Crippen molar-refractivity contribution in [1.29, 1.82) is 0 Å². The van der Waals surface area contributed by atoms with Gasteiger partial charge in [-0.3, -0.25) is 4.90 Å². The molecule has 0 bridgehead atoms. The third kappa shape index (κ3) is 3.91. The van der Waals surface area contributed by atoms with Gasteiger partial charge < -0.3 is 13.9 Å². The van der Waals surface area contributed by atoms with Gasteiger partial charge in [0.15, 0.2) is 6.23 Å². The highest BCUT2D eigenvalue weighted by Gasteiger charge is 2.30. The van der Waals surface area contributed by atoms with E-state index in [4.69, 9.17) is 13.9 Å². The average Bonchev–Trinajstić information content (AvgIpc) is 3.44. The van der Waals surface area contributed by atoms with Gasteiger partial charge in [0.2, 0.25) is 0 Å². The second-order valence-corrected chi connectivity index (χ2v) is 6.30. The maximum atomic E-state index is 11.5. The van der Waals surface area contributed by atoms with Gasteiger partial charge in [0.25, 0.3) is 0 Å². The molecular formula is C19H20N4O4. The summed E-state index contributed by atoms with van der Waals surface area (Å²) >= 11 is 0. The summed E-state index contributed by atoms with van der Waals surface area (Å²) in [7, 11) is 1.37. The maximum absolute atomic E-state index is 11.5. The molecule has 0 spiro atoms. The Balaban J connectivity index is 1.42. The SMILES string of the molecule is COC(=O)c1ccc(Cn2cc([C@H]3OCCN3Cc3ccco3)nn2)cc1. The van der Waals surface area contributed by atoms with Crippen LogP contribution in [0.3, 0.4) is 0 Å². The lowest BCUT2D eigenvalue weighted by Gasteiger charge is -2.19. The standard InChI is InChI=1S/C19H20N4O4/c1-25-19(24)15-6-4-14(5-7-15)11-23-13-17(20-21-23)18-22(8-10-27-18)12-16-3-2-9-26-16/h2-7,9,13,18H,8,10-12H2,1H3/t18-/m1/s1. The molecule has 8 nitrogen and oxygen atoms in total. The number of benzene rings is 1. The van der Waals surface area contributed by atoms with Crippen molar-refractivity contribution in [3.63, 3.8) is 0 Å². The van der Waals surface area contributed by atoms with Gasteiger partial charge >= 0.3 is 5.97 Å². The van der Waals surface area contributed by atoms with Gasteiger partial charge in [-0.2, -0.15) is 0 Å². The van der Waals surface area contributed by atoms with E-state index in [0.717, 1.165) is 23.6 Å².